The molecule has 19 heavy (non-hydrogen) atoms. The molecule has 0 unspecified atom stereocenters. The van der Waals surface area contributed by atoms with E-state index in [2.05, 4.69) is 10.0 Å². The summed E-state index contributed by atoms with van der Waals surface area (Å²) in [5.41, 5.74) is 0. The van der Waals surface area contributed by atoms with E-state index in [1.807, 2.05) is 20.1 Å². The molecule has 2 N–H and O–H groups in total. The Bertz CT molecular complexity index is 483. The van der Waals surface area contributed by atoms with Gasteiger partial charge in [-0.1, -0.05) is 6.92 Å². The molecule has 1 aromatic heterocycles. The van der Waals surface area contributed by atoms with Crippen LogP contribution in [-0.4, -0.2) is 33.5 Å². The van der Waals surface area contributed by atoms with Gasteiger partial charge in [-0.15, -0.1) is 11.3 Å². The largest absolute Gasteiger partial charge is 0.312 e. The minimum absolute atomic E-state index is 0.426. The number of thiophene rings is 1. The van der Waals surface area contributed by atoms with Gasteiger partial charge in [0.05, 0.1) is 4.90 Å². The van der Waals surface area contributed by atoms with Crippen LogP contribution in [0.4, 0.5) is 0 Å². The van der Waals surface area contributed by atoms with Crippen LogP contribution in [0, 0.1) is 6.92 Å². The van der Waals surface area contributed by atoms with Crippen molar-refractivity contribution < 1.29 is 8.42 Å². The Balaban J connectivity index is 2.69. The van der Waals surface area contributed by atoms with E-state index in [1.165, 1.54) is 11.3 Å². The van der Waals surface area contributed by atoms with Crippen molar-refractivity contribution in [2.24, 2.45) is 0 Å². The van der Waals surface area contributed by atoms with Gasteiger partial charge in [-0.3, -0.25) is 0 Å². The molecule has 1 aromatic rings. The zero-order valence-electron chi connectivity index (χ0n) is 11.7. The van der Waals surface area contributed by atoms with Gasteiger partial charge in [-0.25, -0.2) is 13.1 Å². The normalized spacial score (nSPS) is 11.9. The molecule has 0 aliphatic heterocycles. The van der Waals surface area contributed by atoms with Gasteiger partial charge in [-0.2, -0.15) is 11.8 Å². The number of rotatable bonds is 9. The minimum atomic E-state index is -3.35. The third-order valence-corrected chi connectivity index (χ3v) is 6.04. The van der Waals surface area contributed by atoms with E-state index in [-0.39, 0.29) is 0 Å². The molecule has 0 saturated heterocycles. The molecule has 0 aromatic carbocycles. The van der Waals surface area contributed by atoms with Crippen LogP contribution in [-0.2, 0) is 16.6 Å². The Labute approximate surface area is 124 Å². The summed E-state index contributed by atoms with van der Waals surface area (Å²) < 4.78 is 27.0. The maximum atomic E-state index is 12.2. The predicted octanol–water partition coefficient (Wildman–Crippen LogP) is 2.20. The average Bonchev–Trinajstić information content (AvgIpc) is 2.74. The summed E-state index contributed by atoms with van der Waals surface area (Å²) >= 11 is 3.26. The molecule has 1 rings (SSSR count). The lowest BCUT2D eigenvalue weighted by Gasteiger charge is -2.05. The monoisotopic (exact) mass is 322 g/mol. The minimum Gasteiger partial charge on any atom is -0.312 e. The first-order chi connectivity index (χ1) is 9.01. The summed E-state index contributed by atoms with van der Waals surface area (Å²) in [6.07, 6.45) is 2.87. The first-order valence-electron chi connectivity index (χ1n) is 6.30. The number of hydrogen-bond donors (Lipinski definition) is 2. The summed E-state index contributed by atoms with van der Waals surface area (Å²) in [6.45, 7) is 6.00. The fourth-order valence-electron chi connectivity index (χ4n) is 1.63. The van der Waals surface area contributed by atoms with Crippen molar-refractivity contribution in [2.45, 2.75) is 31.7 Å². The maximum absolute atomic E-state index is 12.2. The Kier molecular flexibility index (Phi) is 7.38. The van der Waals surface area contributed by atoms with E-state index >= 15 is 0 Å². The molecular formula is C12H22N2O2S3. The van der Waals surface area contributed by atoms with E-state index in [1.54, 1.807) is 17.8 Å². The first kappa shape index (κ1) is 17.0. The second-order valence-corrected chi connectivity index (χ2v) is 8.22. The van der Waals surface area contributed by atoms with Gasteiger partial charge in [0.25, 0.3) is 0 Å². The molecule has 0 radical (unpaired) electrons. The van der Waals surface area contributed by atoms with Crippen LogP contribution < -0.4 is 10.0 Å². The molecule has 0 saturated carbocycles. The van der Waals surface area contributed by atoms with Crippen molar-refractivity contribution >= 4 is 33.1 Å². The van der Waals surface area contributed by atoms with E-state index < -0.39 is 10.0 Å². The van der Waals surface area contributed by atoms with Crippen molar-refractivity contribution in [3.63, 3.8) is 0 Å². The lowest BCUT2D eigenvalue weighted by atomic mass is 10.4. The molecule has 0 fully saturated rings. The summed E-state index contributed by atoms with van der Waals surface area (Å²) in [5.74, 6) is 0.969. The molecule has 0 aliphatic carbocycles. The lowest BCUT2D eigenvalue weighted by molar-refractivity contribution is 0.581. The highest BCUT2D eigenvalue weighted by molar-refractivity contribution is 7.98. The molecule has 0 amide bonds. The quantitative estimate of drug-likeness (QED) is 0.684. The van der Waals surface area contributed by atoms with Crippen LogP contribution >= 0.6 is 23.1 Å². The third kappa shape index (κ3) is 5.43. The molecule has 0 atom stereocenters. The lowest BCUT2D eigenvalue weighted by Crippen LogP contribution is -2.25. The van der Waals surface area contributed by atoms with Crippen molar-refractivity contribution in [3.8, 4) is 0 Å². The van der Waals surface area contributed by atoms with Crippen molar-refractivity contribution in [2.75, 3.05) is 25.1 Å². The maximum Gasteiger partial charge on any atom is 0.241 e. The standard InChI is InChI=1S/C12H22N2O2S3/c1-4-13-9-11-8-12(10(2)18-11)19(15,16)14-6-5-7-17-3/h8,13-14H,4-7,9H2,1-3H3. The van der Waals surface area contributed by atoms with E-state index in [4.69, 9.17) is 0 Å². The van der Waals surface area contributed by atoms with Crippen molar-refractivity contribution in [1.82, 2.24) is 10.0 Å². The smallest absolute Gasteiger partial charge is 0.241 e. The summed E-state index contributed by atoms with van der Waals surface area (Å²) in [7, 11) is -3.35. The van der Waals surface area contributed by atoms with Gasteiger partial charge in [0.2, 0.25) is 10.0 Å². The van der Waals surface area contributed by atoms with Gasteiger partial charge < -0.3 is 5.32 Å². The second kappa shape index (κ2) is 8.26. The SMILES string of the molecule is CCNCc1cc(S(=O)(=O)NCCCSC)c(C)s1. The fourth-order valence-corrected chi connectivity index (χ4v) is 4.74. The van der Waals surface area contributed by atoms with Crippen LogP contribution in [0.1, 0.15) is 23.1 Å². The predicted molar refractivity (Wildman–Crippen MR) is 84.6 cm³/mol. The van der Waals surface area contributed by atoms with Crippen LogP contribution in [0.2, 0.25) is 0 Å². The Morgan fingerprint density at radius 3 is 2.79 bits per heavy atom. The van der Waals surface area contributed by atoms with Crippen LogP contribution in [0.15, 0.2) is 11.0 Å². The molecule has 7 heteroatoms. The topological polar surface area (TPSA) is 58.2 Å². The average molecular weight is 323 g/mol. The van der Waals surface area contributed by atoms with E-state index in [9.17, 15) is 8.42 Å². The first-order valence-corrected chi connectivity index (χ1v) is 9.99. The molecule has 110 valence electrons. The fraction of sp³-hybridized carbons (Fsp3) is 0.667. The molecular weight excluding hydrogens is 300 g/mol. The van der Waals surface area contributed by atoms with Gasteiger partial charge in [0, 0.05) is 22.8 Å². The van der Waals surface area contributed by atoms with Crippen LogP contribution in [0.5, 0.6) is 0 Å². The number of nitrogens with one attached hydrogen (secondary N) is 2. The zero-order valence-corrected chi connectivity index (χ0v) is 14.1. The van der Waals surface area contributed by atoms with Gasteiger partial charge in [0.1, 0.15) is 0 Å². The van der Waals surface area contributed by atoms with Crippen molar-refractivity contribution in [1.29, 1.82) is 0 Å². The Morgan fingerprint density at radius 2 is 2.16 bits per heavy atom. The Morgan fingerprint density at radius 1 is 1.42 bits per heavy atom. The van der Waals surface area contributed by atoms with E-state index in [0.29, 0.717) is 11.4 Å². The van der Waals surface area contributed by atoms with Crippen LogP contribution in [0.25, 0.3) is 0 Å². The van der Waals surface area contributed by atoms with Gasteiger partial charge in [-0.05, 0) is 38.0 Å². The number of thioether (sulfide) groups is 1. The Hall–Kier alpha value is -0.0800. The van der Waals surface area contributed by atoms with Gasteiger partial charge >= 0.3 is 0 Å². The summed E-state index contributed by atoms with van der Waals surface area (Å²) in [6, 6.07) is 1.78. The second-order valence-electron chi connectivity index (χ2n) is 4.16. The number of hydrogen-bond acceptors (Lipinski definition) is 5. The van der Waals surface area contributed by atoms with Crippen molar-refractivity contribution in [3.05, 3.63) is 15.8 Å². The molecule has 4 nitrogen and oxygen atoms in total. The highest BCUT2D eigenvalue weighted by atomic mass is 32.2. The number of sulfonamides is 1. The summed E-state index contributed by atoms with van der Waals surface area (Å²) in [5, 5.41) is 3.21. The van der Waals surface area contributed by atoms with Gasteiger partial charge in [0.15, 0.2) is 0 Å². The third-order valence-electron chi connectivity index (χ3n) is 2.58. The molecule has 0 bridgehead atoms. The molecule has 0 aliphatic rings. The molecule has 1 heterocycles. The highest BCUT2D eigenvalue weighted by Gasteiger charge is 2.19. The number of aryl methyl sites for hydroxylation is 1. The van der Waals surface area contributed by atoms with Crippen LogP contribution in [0.3, 0.4) is 0 Å². The summed E-state index contributed by atoms with van der Waals surface area (Å²) in [4.78, 5) is 2.34. The molecule has 0 spiro atoms. The zero-order chi connectivity index (χ0) is 14.3. The van der Waals surface area contributed by atoms with E-state index in [0.717, 1.165) is 35.0 Å². The highest BCUT2D eigenvalue weighted by Crippen LogP contribution is 2.25.